The van der Waals surface area contributed by atoms with Gasteiger partial charge in [0.1, 0.15) is 5.82 Å². The van der Waals surface area contributed by atoms with Gasteiger partial charge < -0.3 is 9.30 Å². The van der Waals surface area contributed by atoms with E-state index in [0.29, 0.717) is 5.02 Å². The molecular weight excluding hydrogens is 286 g/mol. The molecule has 3 rings (SSSR count). The molecule has 0 bridgehead atoms. The Morgan fingerprint density at radius 3 is 2.67 bits per heavy atom. The second kappa shape index (κ2) is 6.18. The zero-order valence-corrected chi connectivity index (χ0v) is 13.2. The lowest BCUT2D eigenvalue weighted by atomic mass is 10.2. The molecule has 1 fully saturated rings. The molecule has 1 aliphatic heterocycles. The zero-order valence-electron chi connectivity index (χ0n) is 12.5. The zero-order chi connectivity index (χ0) is 14.8. The van der Waals surface area contributed by atoms with Crippen LogP contribution in [0.1, 0.15) is 17.0 Å². The molecule has 0 radical (unpaired) electrons. The largest absolute Gasteiger partial charge is 0.379 e. The van der Waals surface area contributed by atoms with E-state index in [9.17, 15) is 0 Å². The number of nitrogens with zero attached hydrogens (tertiary/aromatic N) is 3. The second-order valence-electron chi connectivity index (χ2n) is 5.45. The molecule has 0 saturated carbocycles. The average molecular weight is 306 g/mol. The Morgan fingerprint density at radius 2 is 2.00 bits per heavy atom. The predicted octanol–water partition coefficient (Wildman–Crippen LogP) is 2.97. The summed E-state index contributed by atoms with van der Waals surface area (Å²) in [6.45, 7) is 8.91. The van der Waals surface area contributed by atoms with E-state index in [-0.39, 0.29) is 0 Å². The molecule has 2 aromatic heterocycles. The first-order valence-electron chi connectivity index (χ1n) is 7.25. The monoisotopic (exact) mass is 305 g/mol. The molecule has 2 aromatic rings. The van der Waals surface area contributed by atoms with Gasteiger partial charge in [0.15, 0.2) is 0 Å². The highest BCUT2D eigenvalue weighted by molar-refractivity contribution is 6.30. The summed E-state index contributed by atoms with van der Waals surface area (Å²) < 4.78 is 7.59. The van der Waals surface area contributed by atoms with Crippen LogP contribution in [-0.4, -0.2) is 40.8 Å². The summed E-state index contributed by atoms with van der Waals surface area (Å²) in [6, 6.07) is 6.09. The fraction of sp³-hybridized carbons (Fsp3) is 0.438. The molecule has 0 unspecified atom stereocenters. The number of halogens is 1. The van der Waals surface area contributed by atoms with Gasteiger partial charge in [0.25, 0.3) is 0 Å². The maximum atomic E-state index is 5.92. The first-order chi connectivity index (χ1) is 10.1. The molecule has 0 atom stereocenters. The summed E-state index contributed by atoms with van der Waals surface area (Å²) in [5, 5.41) is 0.662. The number of morpholine rings is 1. The molecule has 0 spiro atoms. The highest BCUT2D eigenvalue weighted by Crippen LogP contribution is 2.22. The quantitative estimate of drug-likeness (QED) is 0.873. The van der Waals surface area contributed by atoms with E-state index in [1.54, 1.807) is 6.20 Å². The summed E-state index contributed by atoms with van der Waals surface area (Å²) in [5.41, 5.74) is 3.80. The fourth-order valence-corrected chi connectivity index (χ4v) is 2.95. The lowest BCUT2D eigenvalue weighted by Crippen LogP contribution is -2.35. The Labute approximate surface area is 130 Å². The smallest absolute Gasteiger partial charge is 0.137 e. The van der Waals surface area contributed by atoms with Crippen LogP contribution in [0.3, 0.4) is 0 Å². The van der Waals surface area contributed by atoms with Gasteiger partial charge >= 0.3 is 0 Å². The number of hydrogen-bond acceptors (Lipinski definition) is 3. The van der Waals surface area contributed by atoms with E-state index in [4.69, 9.17) is 16.3 Å². The molecule has 0 aromatic carbocycles. The normalized spacial score (nSPS) is 16.3. The predicted molar refractivity (Wildman–Crippen MR) is 84.1 cm³/mol. The summed E-state index contributed by atoms with van der Waals surface area (Å²) >= 11 is 5.92. The molecule has 1 saturated heterocycles. The molecule has 4 nitrogen and oxygen atoms in total. The third kappa shape index (κ3) is 3.12. The van der Waals surface area contributed by atoms with Crippen molar-refractivity contribution in [2.24, 2.45) is 0 Å². The van der Waals surface area contributed by atoms with Crippen molar-refractivity contribution in [2.45, 2.75) is 20.4 Å². The van der Waals surface area contributed by atoms with Crippen molar-refractivity contribution < 1.29 is 4.74 Å². The van der Waals surface area contributed by atoms with Crippen LogP contribution in [-0.2, 0) is 11.3 Å². The van der Waals surface area contributed by atoms with E-state index in [2.05, 4.69) is 34.4 Å². The van der Waals surface area contributed by atoms with Crippen LogP contribution < -0.4 is 0 Å². The topological polar surface area (TPSA) is 30.3 Å². The number of aryl methyl sites for hydroxylation is 1. The van der Waals surface area contributed by atoms with Crippen molar-refractivity contribution in [3.63, 3.8) is 0 Å². The van der Waals surface area contributed by atoms with Gasteiger partial charge in [0.2, 0.25) is 0 Å². The summed E-state index contributed by atoms with van der Waals surface area (Å²) in [6.07, 6.45) is 1.69. The third-order valence-electron chi connectivity index (χ3n) is 3.97. The summed E-state index contributed by atoms with van der Waals surface area (Å²) in [7, 11) is 0. The van der Waals surface area contributed by atoms with E-state index in [1.807, 2.05) is 12.1 Å². The second-order valence-corrected chi connectivity index (χ2v) is 5.89. The molecule has 1 aliphatic rings. The Hall–Kier alpha value is -1.36. The third-order valence-corrected chi connectivity index (χ3v) is 4.20. The van der Waals surface area contributed by atoms with Crippen molar-refractivity contribution in [3.05, 3.63) is 46.4 Å². The lowest BCUT2D eigenvalue weighted by Gasteiger charge is -2.26. The Morgan fingerprint density at radius 1 is 1.24 bits per heavy atom. The molecule has 5 heteroatoms. The minimum absolute atomic E-state index is 0.662. The van der Waals surface area contributed by atoms with Crippen LogP contribution in [0, 0.1) is 13.8 Å². The highest BCUT2D eigenvalue weighted by Gasteiger charge is 2.16. The van der Waals surface area contributed by atoms with Crippen LogP contribution in [0.25, 0.3) is 5.82 Å². The molecule has 21 heavy (non-hydrogen) atoms. The summed E-state index contributed by atoms with van der Waals surface area (Å²) in [4.78, 5) is 6.86. The van der Waals surface area contributed by atoms with Gasteiger partial charge in [0.05, 0.1) is 18.2 Å². The van der Waals surface area contributed by atoms with Gasteiger partial charge in [-0.15, -0.1) is 0 Å². The summed E-state index contributed by atoms with van der Waals surface area (Å²) in [5.74, 6) is 0.919. The maximum Gasteiger partial charge on any atom is 0.137 e. The van der Waals surface area contributed by atoms with Gasteiger partial charge in [0, 0.05) is 37.2 Å². The van der Waals surface area contributed by atoms with Crippen molar-refractivity contribution in [2.75, 3.05) is 26.3 Å². The van der Waals surface area contributed by atoms with Crippen LogP contribution in [0.2, 0.25) is 5.02 Å². The molecule has 3 heterocycles. The minimum atomic E-state index is 0.662. The van der Waals surface area contributed by atoms with E-state index in [0.717, 1.165) is 38.7 Å². The average Bonchev–Trinajstić information content (AvgIpc) is 2.76. The molecule has 112 valence electrons. The van der Waals surface area contributed by atoms with Gasteiger partial charge in [-0.2, -0.15) is 0 Å². The number of pyridine rings is 1. The molecule has 0 aliphatic carbocycles. The lowest BCUT2D eigenvalue weighted by molar-refractivity contribution is 0.0341. The van der Waals surface area contributed by atoms with Gasteiger partial charge in [-0.3, -0.25) is 4.90 Å². The minimum Gasteiger partial charge on any atom is -0.379 e. The van der Waals surface area contributed by atoms with Crippen molar-refractivity contribution in [1.29, 1.82) is 0 Å². The molecule has 0 amide bonds. The van der Waals surface area contributed by atoms with E-state index in [1.165, 1.54) is 17.0 Å². The number of aromatic nitrogens is 2. The van der Waals surface area contributed by atoms with Gasteiger partial charge in [-0.1, -0.05) is 11.6 Å². The molecular formula is C16H20ClN3O. The SMILES string of the molecule is Cc1cc(CN2CCOCC2)c(C)n1-c1ccc(Cl)cn1. The Kier molecular flexibility index (Phi) is 4.29. The van der Waals surface area contributed by atoms with Crippen molar-refractivity contribution in [3.8, 4) is 5.82 Å². The van der Waals surface area contributed by atoms with E-state index >= 15 is 0 Å². The maximum absolute atomic E-state index is 5.92. The number of rotatable bonds is 3. The van der Waals surface area contributed by atoms with Gasteiger partial charge in [-0.25, -0.2) is 4.98 Å². The Balaban J connectivity index is 1.87. The number of ether oxygens (including phenoxy) is 1. The first kappa shape index (κ1) is 14.6. The van der Waals surface area contributed by atoms with E-state index < -0.39 is 0 Å². The Bertz CT molecular complexity index is 615. The van der Waals surface area contributed by atoms with Crippen LogP contribution in [0.5, 0.6) is 0 Å². The van der Waals surface area contributed by atoms with Crippen LogP contribution >= 0.6 is 11.6 Å². The van der Waals surface area contributed by atoms with Crippen LogP contribution in [0.4, 0.5) is 0 Å². The van der Waals surface area contributed by atoms with Crippen molar-refractivity contribution >= 4 is 11.6 Å². The van der Waals surface area contributed by atoms with Crippen LogP contribution in [0.15, 0.2) is 24.4 Å². The fourth-order valence-electron chi connectivity index (χ4n) is 2.84. The highest BCUT2D eigenvalue weighted by atomic mass is 35.5. The van der Waals surface area contributed by atoms with Gasteiger partial charge in [-0.05, 0) is 37.6 Å². The van der Waals surface area contributed by atoms with Crippen molar-refractivity contribution in [1.82, 2.24) is 14.5 Å². The molecule has 0 N–H and O–H groups in total. The number of hydrogen-bond donors (Lipinski definition) is 0. The standard InChI is InChI=1S/C16H20ClN3O/c1-12-9-14(11-19-5-7-21-8-6-19)13(2)20(12)16-4-3-15(17)10-18-16/h3-4,9-10H,5-8,11H2,1-2H3. The first-order valence-corrected chi connectivity index (χ1v) is 7.63.